The van der Waals surface area contributed by atoms with Crippen molar-refractivity contribution < 1.29 is 4.79 Å². The minimum Gasteiger partial charge on any atom is -0.288 e. The van der Waals surface area contributed by atoms with Gasteiger partial charge in [-0.25, -0.2) is 10.8 Å². The lowest BCUT2D eigenvalue weighted by Crippen LogP contribution is -2.29. The molecule has 0 unspecified atom stereocenters. The number of hydrogen-bond acceptors (Lipinski definition) is 4. The Balaban J connectivity index is 1.98. The molecule has 14 heavy (non-hydrogen) atoms. The van der Waals surface area contributed by atoms with Gasteiger partial charge in [0, 0.05) is 5.38 Å². The molecule has 2 rings (SSSR count). The van der Waals surface area contributed by atoms with Crippen LogP contribution in [-0.4, -0.2) is 10.9 Å². The fourth-order valence-electron chi connectivity index (χ4n) is 1.56. The van der Waals surface area contributed by atoms with Crippen molar-refractivity contribution in [3.05, 3.63) is 16.1 Å². The van der Waals surface area contributed by atoms with Crippen molar-refractivity contribution in [2.45, 2.75) is 25.7 Å². The number of amides is 1. The zero-order valence-corrected chi connectivity index (χ0v) is 8.64. The quantitative estimate of drug-likeness (QED) is 0.447. The molecule has 1 amide bonds. The number of nitrogens with two attached hydrogens (primary N) is 1. The average molecular weight is 211 g/mol. The number of aromatic nitrogens is 1. The first-order valence-corrected chi connectivity index (χ1v) is 5.63. The zero-order chi connectivity index (χ0) is 9.97. The molecule has 0 aliphatic heterocycles. The number of nitrogens with zero attached hydrogens (tertiary/aromatic N) is 1. The summed E-state index contributed by atoms with van der Waals surface area (Å²) in [4.78, 5) is 15.3. The smallest absolute Gasteiger partial charge is 0.288 e. The molecule has 0 aromatic carbocycles. The summed E-state index contributed by atoms with van der Waals surface area (Å²) in [5.74, 6) is 5.51. The van der Waals surface area contributed by atoms with Crippen LogP contribution < -0.4 is 11.3 Å². The van der Waals surface area contributed by atoms with E-state index in [1.54, 1.807) is 0 Å². The third kappa shape index (κ3) is 1.93. The van der Waals surface area contributed by atoms with Gasteiger partial charge in [-0.2, -0.15) is 0 Å². The van der Waals surface area contributed by atoms with Crippen LogP contribution in [0.5, 0.6) is 0 Å². The maximum atomic E-state index is 11.1. The van der Waals surface area contributed by atoms with E-state index in [0.717, 1.165) is 18.0 Å². The molecule has 0 radical (unpaired) electrons. The van der Waals surface area contributed by atoms with E-state index in [0.29, 0.717) is 5.01 Å². The van der Waals surface area contributed by atoms with Gasteiger partial charge in [-0.15, -0.1) is 11.3 Å². The van der Waals surface area contributed by atoms with E-state index in [9.17, 15) is 4.79 Å². The molecule has 1 saturated carbocycles. The predicted molar refractivity (Wildman–Crippen MR) is 54.8 cm³/mol. The number of nitrogen functional groups attached to an aromatic ring is 1. The first-order valence-electron chi connectivity index (χ1n) is 4.75. The van der Waals surface area contributed by atoms with Gasteiger partial charge in [0.1, 0.15) is 0 Å². The molecule has 0 spiro atoms. The summed E-state index contributed by atoms with van der Waals surface area (Å²) in [6, 6.07) is 0. The van der Waals surface area contributed by atoms with Crippen LogP contribution in [0.15, 0.2) is 5.38 Å². The summed E-state index contributed by atoms with van der Waals surface area (Å²) in [6.07, 6.45) is 4.95. The van der Waals surface area contributed by atoms with Crippen LogP contribution >= 0.6 is 11.3 Å². The van der Waals surface area contributed by atoms with Gasteiger partial charge in [-0.3, -0.25) is 10.2 Å². The largest absolute Gasteiger partial charge is 0.294 e. The van der Waals surface area contributed by atoms with Crippen LogP contribution in [0.4, 0.5) is 0 Å². The lowest BCUT2D eigenvalue weighted by Gasteiger charge is -2.24. The Bertz CT molecular complexity index is 333. The lowest BCUT2D eigenvalue weighted by molar-refractivity contribution is 0.0953. The number of rotatable bonds is 3. The molecule has 0 atom stereocenters. The van der Waals surface area contributed by atoms with Crippen molar-refractivity contribution in [3.8, 4) is 0 Å². The van der Waals surface area contributed by atoms with E-state index in [1.807, 2.05) is 5.38 Å². The molecule has 4 nitrogen and oxygen atoms in total. The standard InChI is InChI=1S/C9H13N3OS/c10-12-8(13)9-11-7(5-14-9)4-6-2-1-3-6/h5-6H,1-4,10H2,(H,12,13). The Morgan fingerprint density at radius 1 is 1.71 bits per heavy atom. The highest BCUT2D eigenvalue weighted by atomic mass is 32.1. The van der Waals surface area contributed by atoms with Crippen LogP contribution in [0, 0.1) is 5.92 Å². The fraction of sp³-hybridized carbons (Fsp3) is 0.556. The van der Waals surface area contributed by atoms with Crippen molar-refractivity contribution >= 4 is 17.2 Å². The minimum atomic E-state index is -0.296. The molecule has 1 aromatic rings. The topological polar surface area (TPSA) is 68.0 Å². The van der Waals surface area contributed by atoms with Crippen LogP contribution in [0.1, 0.15) is 34.8 Å². The van der Waals surface area contributed by atoms with Crippen molar-refractivity contribution in [1.82, 2.24) is 10.4 Å². The SMILES string of the molecule is NNC(=O)c1nc(CC2CCC2)cs1. The Kier molecular flexibility index (Phi) is 2.79. The summed E-state index contributed by atoms with van der Waals surface area (Å²) in [5, 5.41) is 2.41. The van der Waals surface area contributed by atoms with Crippen molar-refractivity contribution in [3.63, 3.8) is 0 Å². The summed E-state index contributed by atoms with van der Waals surface area (Å²) in [7, 11) is 0. The molecule has 76 valence electrons. The predicted octanol–water partition coefficient (Wildman–Crippen LogP) is 1.09. The monoisotopic (exact) mass is 211 g/mol. The Labute approximate surface area is 86.5 Å². The van der Waals surface area contributed by atoms with Gasteiger partial charge in [0.2, 0.25) is 0 Å². The Morgan fingerprint density at radius 2 is 2.50 bits per heavy atom. The van der Waals surface area contributed by atoms with Crippen molar-refractivity contribution in [2.24, 2.45) is 11.8 Å². The number of carbonyl (C=O) groups is 1. The fourth-order valence-corrected chi connectivity index (χ4v) is 2.29. The molecular formula is C9H13N3OS. The number of carbonyl (C=O) groups excluding carboxylic acids is 1. The molecule has 3 N–H and O–H groups in total. The summed E-state index contributed by atoms with van der Waals surface area (Å²) < 4.78 is 0. The van der Waals surface area contributed by atoms with Crippen molar-refractivity contribution in [1.29, 1.82) is 0 Å². The molecule has 1 heterocycles. The van der Waals surface area contributed by atoms with Crippen LogP contribution in [0.25, 0.3) is 0 Å². The third-order valence-electron chi connectivity index (χ3n) is 2.60. The summed E-state index contributed by atoms with van der Waals surface area (Å²) in [6.45, 7) is 0. The number of hydrogen-bond donors (Lipinski definition) is 2. The van der Waals surface area contributed by atoms with Gasteiger partial charge in [0.15, 0.2) is 5.01 Å². The normalized spacial score (nSPS) is 16.4. The highest BCUT2D eigenvalue weighted by Crippen LogP contribution is 2.29. The zero-order valence-electron chi connectivity index (χ0n) is 7.82. The van der Waals surface area contributed by atoms with E-state index in [4.69, 9.17) is 5.84 Å². The first-order chi connectivity index (χ1) is 6.79. The molecule has 1 fully saturated rings. The number of nitrogens with one attached hydrogen (secondary N) is 1. The molecular weight excluding hydrogens is 198 g/mol. The van der Waals surface area contributed by atoms with Gasteiger partial charge >= 0.3 is 0 Å². The van der Waals surface area contributed by atoms with Gasteiger partial charge in [-0.1, -0.05) is 19.3 Å². The third-order valence-corrected chi connectivity index (χ3v) is 3.49. The van der Waals surface area contributed by atoms with E-state index in [-0.39, 0.29) is 5.91 Å². The Morgan fingerprint density at radius 3 is 3.07 bits per heavy atom. The highest BCUT2D eigenvalue weighted by Gasteiger charge is 2.19. The van der Waals surface area contributed by atoms with E-state index < -0.39 is 0 Å². The van der Waals surface area contributed by atoms with Crippen molar-refractivity contribution in [2.75, 3.05) is 0 Å². The highest BCUT2D eigenvalue weighted by molar-refractivity contribution is 7.11. The maximum absolute atomic E-state index is 11.1. The van der Waals surface area contributed by atoms with Gasteiger partial charge in [-0.05, 0) is 12.3 Å². The second-order valence-corrected chi connectivity index (χ2v) is 4.48. The van der Waals surface area contributed by atoms with Crippen LogP contribution in [-0.2, 0) is 6.42 Å². The summed E-state index contributed by atoms with van der Waals surface area (Å²) in [5.41, 5.74) is 3.11. The molecule has 5 heteroatoms. The van der Waals surface area contributed by atoms with Crippen LogP contribution in [0.2, 0.25) is 0 Å². The number of thiazole rings is 1. The minimum absolute atomic E-state index is 0.296. The molecule has 1 aliphatic rings. The second-order valence-electron chi connectivity index (χ2n) is 3.62. The molecule has 1 aromatic heterocycles. The molecule has 0 bridgehead atoms. The Hall–Kier alpha value is -0.940. The van der Waals surface area contributed by atoms with E-state index in [1.165, 1.54) is 30.6 Å². The first kappa shape index (κ1) is 9.61. The average Bonchev–Trinajstić information content (AvgIpc) is 2.58. The van der Waals surface area contributed by atoms with Gasteiger partial charge in [0.25, 0.3) is 5.91 Å². The second kappa shape index (κ2) is 4.06. The molecule has 1 aliphatic carbocycles. The lowest BCUT2D eigenvalue weighted by atomic mass is 9.82. The maximum Gasteiger partial charge on any atom is 0.294 e. The van der Waals surface area contributed by atoms with Gasteiger partial charge in [0.05, 0.1) is 5.69 Å². The number of hydrazine groups is 1. The summed E-state index contributed by atoms with van der Waals surface area (Å²) >= 11 is 1.36. The molecule has 0 saturated heterocycles. The van der Waals surface area contributed by atoms with E-state index >= 15 is 0 Å². The van der Waals surface area contributed by atoms with Gasteiger partial charge < -0.3 is 0 Å². The van der Waals surface area contributed by atoms with Crippen LogP contribution in [0.3, 0.4) is 0 Å². The van der Waals surface area contributed by atoms with E-state index in [2.05, 4.69) is 10.4 Å².